The van der Waals surface area contributed by atoms with Crippen LogP contribution < -0.4 is 0 Å². The van der Waals surface area contributed by atoms with E-state index in [4.69, 9.17) is 0 Å². The summed E-state index contributed by atoms with van der Waals surface area (Å²) in [6.45, 7) is 8.80. The van der Waals surface area contributed by atoms with E-state index in [0.29, 0.717) is 5.92 Å². The molecule has 0 radical (unpaired) electrons. The number of aromatic nitrogens is 2. The van der Waals surface area contributed by atoms with E-state index >= 15 is 0 Å². The van der Waals surface area contributed by atoms with Gasteiger partial charge >= 0.3 is 0 Å². The molecule has 0 unspecified atom stereocenters. The predicted molar refractivity (Wildman–Crippen MR) is 94.8 cm³/mol. The maximum absolute atomic E-state index is 4.42. The maximum Gasteiger partial charge on any atom is 0.123 e. The van der Waals surface area contributed by atoms with Crippen LogP contribution in [0.15, 0.2) is 54.6 Å². The molecule has 0 N–H and O–H groups in total. The fraction of sp³-hybridized carbons (Fsp3) is 0.368. The summed E-state index contributed by atoms with van der Waals surface area (Å²) < 4.78 is 0. The second-order valence-corrected chi connectivity index (χ2v) is 7.43. The first-order valence-electron chi connectivity index (χ1n) is 7.70. The van der Waals surface area contributed by atoms with E-state index in [2.05, 4.69) is 74.3 Å². The van der Waals surface area contributed by atoms with Crippen molar-refractivity contribution in [3.05, 3.63) is 70.2 Å². The van der Waals surface area contributed by atoms with Gasteiger partial charge in [-0.25, -0.2) is 0 Å². The molecule has 0 aliphatic rings. The quantitative estimate of drug-likeness (QED) is 0.765. The molecule has 0 amide bonds. The van der Waals surface area contributed by atoms with Crippen molar-refractivity contribution in [3.8, 4) is 0 Å². The lowest BCUT2D eigenvalue weighted by Crippen LogP contribution is -2.20. The first-order valence-corrected chi connectivity index (χ1v) is 8.52. The van der Waals surface area contributed by atoms with Gasteiger partial charge in [0.2, 0.25) is 0 Å². The molecular weight excluding hydrogens is 288 g/mol. The Morgan fingerprint density at radius 2 is 1.45 bits per heavy atom. The number of nitrogens with zero attached hydrogens (tertiary/aromatic N) is 2. The van der Waals surface area contributed by atoms with E-state index in [1.807, 2.05) is 18.2 Å². The van der Waals surface area contributed by atoms with Gasteiger partial charge in [0.05, 0.1) is 0 Å². The van der Waals surface area contributed by atoms with Crippen LogP contribution in [-0.4, -0.2) is 10.2 Å². The average Bonchev–Trinajstić information content (AvgIpc) is 2.96. The number of rotatable bonds is 4. The van der Waals surface area contributed by atoms with Gasteiger partial charge in [0, 0.05) is 11.3 Å². The zero-order valence-corrected chi connectivity index (χ0v) is 14.6. The molecule has 2 aromatic rings. The zero-order chi connectivity index (χ0) is 16.0. The second kappa shape index (κ2) is 7.50. The third kappa shape index (κ3) is 4.63. The lowest BCUT2D eigenvalue weighted by molar-refractivity contribution is 0.513. The van der Waals surface area contributed by atoms with E-state index in [1.54, 1.807) is 11.3 Å². The molecule has 0 aliphatic carbocycles. The number of hydrogen-bond donors (Lipinski definition) is 0. The van der Waals surface area contributed by atoms with Gasteiger partial charge in [-0.05, 0) is 12.0 Å². The SMILES string of the molecule is CC(C)c1nnc(C(C)(C)Cc2ccccccccc2)s1. The van der Waals surface area contributed by atoms with Crippen LogP contribution in [0.3, 0.4) is 0 Å². The van der Waals surface area contributed by atoms with Crippen LogP contribution in [0.1, 0.15) is 49.2 Å². The first-order chi connectivity index (χ1) is 10.5. The third-order valence-corrected chi connectivity index (χ3v) is 5.04. The standard InChI is InChI=1S/C19H24N2S/c1-15(2)17-20-21-18(22-17)19(3,4)14-16-12-10-8-6-5-7-9-11-13-16/h5-13,15H,14H2,1-4H3. The Balaban J connectivity index is 2.27. The van der Waals surface area contributed by atoms with Crippen molar-refractivity contribution in [1.29, 1.82) is 0 Å². The fourth-order valence-electron chi connectivity index (χ4n) is 2.18. The molecule has 1 aromatic heterocycles. The lowest BCUT2D eigenvalue weighted by atomic mass is 9.87. The first kappa shape index (κ1) is 16.6. The van der Waals surface area contributed by atoms with Crippen LogP contribution in [0.4, 0.5) is 0 Å². The van der Waals surface area contributed by atoms with Crippen LogP contribution >= 0.6 is 11.3 Å². The molecule has 0 saturated carbocycles. The summed E-state index contributed by atoms with van der Waals surface area (Å²) in [5, 5.41) is 11.0. The second-order valence-electron chi connectivity index (χ2n) is 6.42. The highest BCUT2D eigenvalue weighted by Crippen LogP contribution is 2.31. The molecule has 22 heavy (non-hydrogen) atoms. The molecule has 0 fully saturated rings. The normalized spacial score (nSPS) is 11.3. The van der Waals surface area contributed by atoms with Crippen LogP contribution in [0.25, 0.3) is 0 Å². The zero-order valence-electron chi connectivity index (χ0n) is 13.8. The monoisotopic (exact) mass is 312 g/mol. The minimum absolute atomic E-state index is 0.0154. The molecule has 0 atom stereocenters. The van der Waals surface area contributed by atoms with Crippen molar-refractivity contribution in [2.75, 3.05) is 0 Å². The molecule has 0 spiro atoms. The Hall–Kier alpha value is -1.74. The summed E-state index contributed by atoms with van der Waals surface area (Å²) in [6.07, 6.45) is 0.943. The lowest BCUT2D eigenvalue weighted by Gasteiger charge is -2.21. The van der Waals surface area contributed by atoms with Gasteiger partial charge in [-0.15, -0.1) is 21.5 Å². The molecule has 0 aliphatic heterocycles. The molecule has 116 valence electrons. The molecule has 0 bridgehead atoms. The van der Waals surface area contributed by atoms with Crippen LogP contribution in [0.2, 0.25) is 0 Å². The van der Waals surface area contributed by atoms with Gasteiger partial charge in [0.15, 0.2) is 0 Å². The predicted octanol–water partition coefficient (Wildman–Crippen LogP) is 5.31. The Labute approximate surface area is 137 Å². The van der Waals surface area contributed by atoms with Crippen LogP contribution in [0, 0.1) is 0 Å². The Bertz CT molecular complexity index is 633. The summed E-state index contributed by atoms with van der Waals surface area (Å²) in [5.74, 6) is 0.440. The highest BCUT2D eigenvalue weighted by Gasteiger charge is 2.26. The van der Waals surface area contributed by atoms with Gasteiger partial charge in [0.25, 0.3) is 0 Å². The van der Waals surface area contributed by atoms with E-state index in [-0.39, 0.29) is 5.41 Å². The Morgan fingerprint density at radius 1 is 0.909 bits per heavy atom. The van der Waals surface area contributed by atoms with Crippen molar-refractivity contribution < 1.29 is 0 Å². The van der Waals surface area contributed by atoms with Gasteiger partial charge in [0.1, 0.15) is 10.0 Å². The summed E-state index contributed by atoms with van der Waals surface area (Å²) in [4.78, 5) is 0. The van der Waals surface area contributed by atoms with Gasteiger partial charge < -0.3 is 0 Å². The third-order valence-electron chi connectivity index (χ3n) is 3.45. The van der Waals surface area contributed by atoms with Crippen molar-refractivity contribution in [3.63, 3.8) is 0 Å². The summed E-state index contributed by atoms with van der Waals surface area (Å²) >= 11 is 1.74. The molecule has 1 aromatic carbocycles. The summed E-state index contributed by atoms with van der Waals surface area (Å²) in [7, 11) is 0. The van der Waals surface area contributed by atoms with E-state index in [0.717, 1.165) is 16.4 Å². The molecule has 2 rings (SSSR count). The topological polar surface area (TPSA) is 25.8 Å². The van der Waals surface area contributed by atoms with Crippen molar-refractivity contribution in [1.82, 2.24) is 10.2 Å². The van der Waals surface area contributed by atoms with Crippen molar-refractivity contribution in [2.45, 2.75) is 45.4 Å². The van der Waals surface area contributed by atoms with Gasteiger partial charge in [-0.2, -0.15) is 0 Å². The summed E-state index contributed by atoms with van der Waals surface area (Å²) in [6, 6.07) is 18.7. The average molecular weight is 312 g/mol. The molecule has 3 heteroatoms. The van der Waals surface area contributed by atoms with Crippen LogP contribution in [0.5, 0.6) is 0 Å². The fourth-order valence-corrected chi connectivity index (χ4v) is 3.13. The Kier molecular flexibility index (Phi) is 5.67. The van der Waals surface area contributed by atoms with Crippen molar-refractivity contribution in [2.24, 2.45) is 0 Å². The minimum atomic E-state index is -0.0154. The molecular formula is C19H24N2S. The number of hydrogen-bond acceptors (Lipinski definition) is 3. The van der Waals surface area contributed by atoms with E-state index in [1.165, 1.54) is 5.56 Å². The maximum atomic E-state index is 4.42. The van der Waals surface area contributed by atoms with E-state index < -0.39 is 0 Å². The summed E-state index contributed by atoms with van der Waals surface area (Å²) in [5.41, 5.74) is 1.28. The molecule has 2 nitrogen and oxygen atoms in total. The molecule has 0 saturated heterocycles. The van der Waals surface area contributed by atoms with Crippen LogP contribution in [-0.2, 0) is 11.8 Å². The van der Waals surface area contributed by atoms with Gasteiger partial charge in [-0.1, -0.05) is 82.3 Å². The smallest absolute Gasteiger partial charge is 0.123 e. The highest BCUT2D eigenvalue weighted by atomic mass is 32.1. The molecule has 1 heterocycles. The largest absolute Gasteiger partial charge is 0.143 e. The van der Waals surface area contributed by atoms with Crippen molar-refractivity contribution >= 4 is 11.3 Å². The minimum Gasteiger partial charge on any atom is -0.143 e. The van der Waals surface area contributed by atoms with Gasteiger partial charge in [-0.3, -0.25) is 0 Å². The van der Waals surface area contributed by atoms with E-state index in [9.17, 15) is 0 Å². The Morgan fingerprint density at radius 3 is 1.95 bits per heavy atom. The highest BCUT2D eigenvalue weighted by molar-refractivity contribution is 7.11.